The Labute approximate surface area is 167 Å². The van der Waals surface area contributed by atoms with Crippen molar-refractivity contribution in [1.29, 1.82) is 0 Å². The minimum atomic E-state index is -0.473. The van der Waals surface area contributed by atoms with Crippen molar-refractivity contribution >= 4 is 57.9 Å². The van der Waals surface area contributed by atoms with Crippen molar-refractivity contribution in [2.24, 2.45) is 0 Å². The molecule has 0 fully saturated rings. The van der Waals surface area contributed by atoms with Crippen molar-refractivity contribution in [2.45, 2.75) is 6.92 Å². The molecule has 134 valence electrons. The Morgan fingerprint density at radius 1 is 1.15 bits per heavy atom. The molecule has 3 aromatic rings. The van der Waals surface area contributed by atoms with Gasteiger partial charge in [-0.15, -0.1) is 5.10 Å². The molecule has 0 saturated carbocycles. The Kier molecular flexibility index (Phi) is 5.52. The number of aryl methyl sites for hydroxylation is 1. The van der Waals surface area contributed by atoms with Gasteiger partial charge in [0, 0.05) is 17.2 Å². The molecule has 3 rings (SSSR count). The van der Waals surface area contributed by atoms with Crippen LogP contribution in [-0.2, 0) is 0 Å². The maximum atomic E-state index is 12.3. The third-order valence-electron chi connectivity index (χ3n) is 3.28. The largest absolute Gasteiger partial charge is 0.504 e. The Balaban J connectivity index is 1.89. The van der Waals surface area contributed by atoms with Crippen LogP contribution in [-0.4, -0.2) is 20.6 Å². The van der Waals surface area contributed by atoms with E-state index in [1.54, 1.807) is 19.1 Å². The number of amides is 1. The molecule has 6 nitrogen and oxygen atoms in total. The molecule has 0 aliphatic rings. The van der Waals surface area contributed by atoms with Gasteiger partial charge in [0.25, 0.3) is 5.91 Å². The van der Waals surface area contributed by atoms with Gasteiger partial charge in [0.05, 0.1) is 20.6 Å². The topological polar surface area (TPSA) is 84.3 Å². The highest BCUT2D eigenvalue weighted by Gasteiger charge is 2.17. The average Bonchev–Trinajstić information content (AvgIpc) is 3.00. The van der Waals surface area contributed by atoms with Crippen LogP contribution >= 0.6 is 46.3 Å². The fourth-order valence-corrected chi connectivity index (χ4v) is 3.14. The molecule has 0 atom stereocenters. The van der Waals surface area contributed by atoms with Gasteiger partial charge in [0.15, 0.2) is 17.2 Å². The van der Waals surface area contributed by atoms with Crippen molar-refractivity contribution < 1.29 is 14.6 Å². The van der Waals surface area contributed by atoms with Crippen LogP contribution in [0.1, 0.15) is 15.4 Å². The highest BCUT2D eigenvalue weighted by atomic mass is 35.5. The van der Waals surface area contributed by atoms with E-state index in [0.29, 0.717) is 9.90 Å². The summed E-state index contributed by atoms with van der Waals surface area (Å²) in [6.45, 7) is 1.73. The van der Waals surface area contributed by atoms with Crippen molar-refractivity contribution in [1.82, 2.24) is 9.59 Å². The average molecular weight is 431 g/mol. The molecule has 0 radical (unpaired) electrons. The summed E-state index contributed by atoms with van der Waals surface area (Å²) in [7, 11) is 0. The van der Waals surface area contributed by atoms with E-state index < -0.39 is 5.91 Å². The zero-order valence-corrected chi connectivity index (χ0v) is 16.2. The van der Waals surface area contributed by atoms with Crippen molar-refractivity contribution in [3.63, 3.8) is 0 Å². The van der Waals surface area contributed by atoms with E-state index in [4.69, 9.17) is 39.5 Å². The second-order valence-electron chi connectivity index (χ2n) is 5.11. The fraction of sp³-hybridized carbons (Fsp3) is 0.0625. The van der Waals surface area contributed by atoms with E-state index in [-0.39, 0.29) is 38.7 Å². The lowest BCUT2D eigenvalue weighted by Crippen LogP contribution is -2.14. The predicted molar refractivity (Wildman–Crippen MR) is 102 cm³/mol. The number of aromatic nitrogens is 2. The van der Waals surface area contributed by atoms with E-state index in [1.165, 1.54) is 18.2 Å². The second kappa shape index (κ2) is 7.67. The number of aromatic hydroxyl groups is 1. The Hall–Kier alpha value is -2.06. The SMILES string of the molecule is Cc1snnc1C(=O)Nc1cc(Oc2ccc(Cl)cc2Cl)c(O)cc1Cl. The van der Waals surface area contributed by atoms with Gasteiger partial charge in [-0.05, 0) is 36.7 Å². The number of phenolic OH excluding ortho intramolecular Hbond substituents is 1. The van der Waals surface area contributed by atoms with Crippen molar-refractivity contribution in [3.8, 4) is 17.2 Å². The van der Waals surface area contributed by atoms with Crippen LogP contribution in [0.4, 0.5) is 5.69 Å². The first-order chi connectivity index (χ1) is 12.3. The monoisotopic (exact) mass is 429 g/mol. The number of anilines is 1. The summed E-state index contributed by atoms with van der Waals surface area (Å²) >= 11 is 19.1. The first-order valence-electron chi connectivity index (χ1n) is 7.11. The number of ether oxygens (including phenoxy) is 1. The van der Waals surface area contributed by atoms with Gasteiger partial charge in [0.2, 0.25) is 0 Å². The zero-order chi connectivity index (χ0) is 18.8. The molecule has 0 bridgehead atoms. The van der Waals surface area contributed by atoms with Crippen molar-refractivity contribution in [3.05, 3.63) is 56.0 Å². The molecule has 0 aliphatic heterocycles. The van der Waals surface area contributed by atoms with E-state index in [0.717, 1.165) is 11.5 Å². The summed E-state index contributed by atoms with van der Waals surface area (Å²) in [5.41, 5.74) is 0.435. The fourth-order valence-electron chi connectivity index (χ4n) is 2.02. The van der Waals surface area contributed by atoms with Gasteiger partial charge in [0.1, 0.15) is 5.75 Å². The summed E-state index contributed by atoms with van der Waals surface area (Å²) in [6.07, 6.45) is 0. The third kappa shape index (κ3) is 4.02. The summed E-state index contributed by atoms with van der Waals surface area (Å²) in [5, 5.41) is 17.3. The molecule has 1 aromatic heterocycles. The Morgan fingerprint density at radius 3 is 2.58 bits per heavy atom. The van der Waals surface area contributed by atoms with Gasteiger partial charge >= 0.3 is 0 Å². The molecule has 2 N–H and O–H groups in total. The molecule has 1 heterocycles. The van der Waals surface area contributed by atoms with Crippen LogP contribution in [0, 0.1) is 6.92 Å². The second-order valence-corrected chi connectivity index (χ2v) is 7.32. The van der Waals surface area contributed by atoms with E-state index in [9.17, 15) is 9.90 Å². The molecule has 0 aliphatic carbocycles. The smallest absolute Gasteiger partial charge is 0.277 e. The van der Waals surface area contributed by atoms with Gasteiger partial charge < -0.3 is 15.2 Å². The van der Waals surface area contributed by atoms with Crippen LogP contribution in [0.2, 0.25) is 15.1 Å². The number of halogens is 3. The van der Waals surface area contributed by atoms with E-state index >= 15 is 0 Å². The lowest BCUT2D eigenvalue weighted by atomic mass is 10.2. The highest BCUT2D eigenvalue weighted by molar-refractivity contribution is 7.05. The summed E-state index contributed by atoms with van der Waals surface area (Å²) in [6, 6.07) is 7.29. The normalized spacial score (nSPS) is 10.6. The molecule has 2 aromatic carbocycles. The van der Waals surface area contributed by atoms with Gasteiger partial charge in [-0.3, -0.25) is 4.79 Å². The van der Waals surface area contributed by atoms with Crippen LogP contribution in [0.25, 0.3) is 0 Å². The molecular weight excluding hydrogens is 421 g/mol. The Bertz CT molecular complexity index is 994. The van der Waals surface area contributed by atoms with Crippen LogP contribution in [0.3, 0.4) is 0 Å². The lowest BCUT2D eigenvalue weighted by Gasteiger charge is -2.13. The standard InChI is InChI=1S/C16H10Cl3N3O3S/c1-7-15(21-22-26-7)16(24)20-11-6-14(12(23)5-9(11)18)25-13-3-2-8(17)4-10(13)19/h2-6,23H,1H3,(H,20,24). The van der Waals surface area contributed by atoms with Gasteiger partial charge in [-0.25, -0.2) is 0 Å². The minimum Gasteiger partial charge on any atom is -0.504 e. The first kappa shape index (κ1) is 18.7. The summed E-state index contributed by atoms with van der Waals surface area (Å²) < 4.78 is 9.33. The molecule has 26 heavy (non-hydrogen) atoms. The minimum absolute atomic E-state index is 0.0575. The molecule has 0 spiro atoms. The van der Waals surface area contributed by atoms with Crippen molar-refractivity contribution in [2.75, 3.05) is 5.32 Å². The maximum Gasteiger partial charge on any atom is 0.277 e. The quantitative estimate of drug-likeness (QED) is 0.530. The maximum absolute atomic E-state index is 12.3. The van der Waals surface area contributed by atoms with E-state index in [1.807, 2.05) is 0 Å². The van der Waals surface area contributed by atoms with Crippen LogP contribution < -0.4 is 10.1 Å². The summed E-state index contributed by atoms with van der Waals surface area (Å²) in [4.78, 5) is 13.0. The number of phenols is 1. The molecule has 0 unspecified atom stereocenters. The predicted octanol–water partition coefficient (Wildman–Crippen LogP) is 5.56. The number of hydrogen-bond donors (Lipinski definition) is 2. The molecular formula is C16H10Cl3N3O3S. The number of rotatable bonds is 4. The molecule has 0 saturated heterocycles. The van der Waals surface area contributed by atoms with E-state index in [2.05, 4.69) is 14.9 Å². The number of carbonyl (C=O) groups excluding carboxylic acids is 1. The number of hydrogen-bond acceptors (Lipinski definition) is 6. The summed E-state index contributed by atoms with van der Waals surface area (Å²) in [5.74, 6) is -0.350. The number of carbonyl (C=O) groups is 1. The van der Waals surface area contributed by atoms with Crippen LogP contribution in [0.15, 0.2) is 30.3 Å². The van der Waals surface area contributed by atoms with Gasteiger partial charge in [-0.2, -0.15) is 0 Å². The number of benzene rings is 2. The molecule has 1 amide bonds. The molecule has 10 heteroatoms. The van der Waals surface area contributed by atoms with Crippen LogP contribution in [0.5, 0.6) is 17.2 Å². The van der Waals surface area contributed by atoms with Gasteiger partial charge in [-0.1, -0.05) is 39.3 Å². The number of nitrogens with one attached hydrogen (secondary N) is 1. The number of nitrogens with zero attached hydrogens (tertiary/aromatic N) is 2. The third-order valence-corrected chi connectivity index (χ3v) is 4.75. The first-order valence-corrected chi connectivity index (χ1v) is 9.01. The zero-order valence-electron chi connectivity index (χ0n) is 13.1. The lowest BCUT2D eigenvalue weighted by molar-refractivity contribution is 0.102. The highest BCUT2D eigenvalue weighted by Crippen LogP contribution is 2.40. The Morgan fingerprint density at radius 2 is 1.92 bits per heavy atom.